The van der Waals surface area contributed by atoms with E-state index in [4.69, 9.17) is 33.9 Å². The highest BCUT2D eigenvalue weighted by Crippen LogP contribution is 2.29. The highest BCUT2D eigenvalue weighted by Gasteiger charge is 2.28. The lowest BCUT2D eigenvalue weighted by molar-refractivity contribution is 0.264. The number of fused-ring (bicyclic) bond motifs is 8. The van der Waals surface area contributed by atoms with E-state index in [0.717, 1.165) is 87.3 Å². The topological polar surface area (TPSA) is 81.6 Å². The minimum absolute atomic E-state index is 0.424. The molecule has 2 unspecified atom stereocenters. The zero-order chi connectivity index (χ0) is 32.2. The molecule has 2 atom stereocenters. The Labute approximate surface area is 286 Å². The van der Waals surface area contributed by atoms with Crippen LogP contribution in [0.15, 0.2) is 134 Å². The van der Waals surface area contributed by atoms with E-state index in [2.05, 4.69) is 117 Å². The number of hydrogen-bond donors (Lipinski definition) is 4. The molecular formula is C40H28N4O2S2. The molecule has 6 nitrogen and oxygen atoms in total. The van der Waals surface area contributed by atoms with E-state index in [-0.39, 0.29) is 0 Å². The number of ether oxygens (including phenoxy) is 2. The van der Waals surface area contributed by atoms with Crippen LogP contribution in [0.2, 0.25) is 0 Å². The van der Waals surface area contributed by atoms with E-state index in [1.807, 2.05) is 24.3 Å². The predicted molar refractivity (Wildman–Crippen MR) is 196 cm³/mol. The van der Waals surface area contributed by atoms with Crippen molar-refractivity contribution in [1.29, 1.82) is 0 Å². The molecule has 7 heterocycles. The lowest BCUT2D eigenvalue weighted by atomic mass is 10.0. The van der Waals surface area contributed by atoms with Gasteiger partial charge in [0, 0.05) is 66.5 Å². The first-order valence-electron chi connectivity index (χ1n) is 15.7. The van der Waals surface area contributed by atoms with Gasteiger partial charge in [0.1, 0.15) is 0 Å². The third-order valence-electron chi connectivity index (χ3n) is 9.04. The van der Waals surface area contributed by atoms with Crippen molar-refractivity contribution in [1.82, 2.24) is 19.9 Å². The minimum atomic E-state index is -0.424. The molecule has 3 aliphatic heterocycles. The molecule has 0 amide bonds. The van der Waals surface area contributed by atoms with Crippen molar-refractivity contribution < 1.29 is 9.47 Å². The van der Waals surface area contributed by atoms with Gasteiger partial charge in [0.15, 0.2) is 12.2 Å². The zero-order valence-electron chi connectivity index (χ0n) is 25.5. The van der Waals surface area contributed by atoms with Crippen LogP contribution in [0.3, 0.4) is 0 Å². The maximum Gasteiger partial charge on any atom is 0.162 e. The Morgan fingerprint density at radius 1 is 0.417 bits per heavy atom. The molecule has 0 fully saturated rings. The van der Waals surface area contributed by atoms with Crippen molar-refractivity contribution in [3.05, 3.63) is 189 Å². The standard InChI is InChI=1S/C40H28N4O2S2/c47-33-19-21-45-39(33)37-29-15-11-25(41-29)35(23-7-3-1-4-8-23)26-12-16-30(42-26)38(40-34(48)20-22-46-40)32-18-14-28(44-32)36(24-9-5-2-6-10-24)27-13-17-31(37)43-27/h1-22,39-44H. The van der Waals surface area contributed by atoms with Crippen molar-refractivity contribution in [2.24, 2.45) is 0 Å². The average molecular weight is 661 g/mol. The molecule has 48 heavy (non-hydrogen) atoms. The summed E-state index contributed by atoms with van der Waals surface area (Å²) in [6.07, 6.45) is 6.22. The zero-order valence-corrected chi connectivity index (χ0v) is 27.1. The largest absolute Gasteiger partial charge is 0.488 e. The summed E-state index contributed by atoms with van der Waals surface area (Å²) in [5.74, 6) is 0. The fourth-order valence-electron chi connectivity index (χ4n) is 6.87. The molecule has 0 saturated carbocycles. The summed E-state index contributed by atoms with van der Waals surface area (Å²) in [4.78, 5) is 16.4. The minimum Gasteiger partial charge on any atom is -0.488 e. The van der Waals surface area contributed by atoms with Crippen LogP contribution in [0, 0.1) is 0 Å². The molecule has 8 bridgehead atoms. The summed E-state index contributed by atoms with van der Waals surface area (Å²) in [6, 6.07) is 37.7. The van der Waals surface area contributed by atoms with Gasteiger partial charge in [-0.1, -0.05) is 85.1 Å². The van der Waals surface area contributed by atoms with Gasteiger partial charge in [-0.2, -0.15) is 0 Å². The van der Waals surface area contributed by atoms with Crippen LogP contribution in [-0.2, 0) is 9.47 Å². The maximum atomic E-state index is 6.13. The molecule has 0 saturated heterocycles. The summed E-state index contributed by atoms with van der Waals surface area (Å²) >= 11 is 11.6. The number of thiocarbonyl (C=S) groups is 2. The molecule has 4 aromatic heterocycles. The Kier molecular flexibility index (Phi) is 6.85. The van der Waals surface area contributed by atoms with Gasteiger partial charge in [0.05, 0.1) is 22.3 Å². The number of aromatic nitrogens is 4. The van der Waals surface area contributed by atoms with Crippen LogP contribution in [0.5, 0.6) is 0 Å². The van der Waals surface area contributed by atoms with Crippen LogP contribution in [0.4, 0.5) is 0 Å². The van der Waals surface area contributed by atoms with Gasteiger partial charge in [0.25, 0.3) is 0 Å². The van der Waals surface area contributed by atoms with Crippen molar-refractivity contribution in [2.75, 3.05) is 0 Å². The smallest absolute Gasteiger partial charge is 0.162 e. The molecule has 0 aliphatic carbocycles. The third-order valence-corrected chi connectivity index (χ3v) is 9.74. The Morgan fingerprint density at radius 3 is 1.21 bits per heavy atom. The van der Waals surface area contributed by atoms with Crippen LogP contribution in [-0.4, -0.2) is 41.9 Å². The molecule has 0 radical (unpaired) electrons. The quantitative estimate of drug-likeness (QED) is 0.206. The monoisotopic (exact) mass is 660 g/mol. The average Bonchev–Trinajstić information content (AvgIpc) is 3.96. The van der Waals surface area contributed by atoms with Gasteiger partial charge in [-0.05, 0) is 71.8 Å². The molecule has 232 valence electrons. The fourth-order valence-corrected chi connectivity index (χ4v) is 7.33. The summed E-state index contributed by atoms with van der Waals surface area (Å²) in [7, 11) is 0. The number of aromatic amines is 4. The van der Waals surface area contributed by atoms with Crippen LogP contribution >= 0.6 is 24.4 Å². The first-order valence-corrected chi connectivity index (χ1v) is 16.5. The van der Waals surface area contributed by atoms with Crippen LogP contribution in [0.25, 0.3) is 22.3 Å². The summed E-state index contributed by atoms with van der Waals surface area (Å²) < 4.78 is 12.3. The molecule has 3 aliphatic rings. The van der Waals surface area contributed by atoms with Gasteiger partial charge < -0.3 is 29.4 Å². The molecule has 9 rings (SSSR count). The van der Waals surface area contributed by atoms with E-state index in [0.29, 0.717) is 0 Å². The second-order valence-electron chi connectivity index (χ2n) is 11.9. The molecular weight excluding hydrogens is 633 g/mol. The number of hydrogen-bond acceptors (Lipinski definition) is 4. The molecule has 6 aromatic rings. The Morgan fingerprint density at radius 2 is 0.812 bits per heavy atom. The third kappa shape index (κ3) is 4.76. The predicted octanol–water partition coefficient (Wildman–Crippen LogP) is 4.77. The maximum absolute atomic E-state index is 6.13. The van der Waals surface area contributed by atoms with Gasteiger partial charge in [0.2, 0.25) is 0 Å². The molecule has 8 heteroatoms. The molecule has 0 spiro atoms. The first-order chi connectivity index (χ1) is 23.6. The lowest BCUT2D eigenvalue weighted by Gasteiger charge is -2.15. The summed E-state index contributed by atoms with van der Waals surface area (Å²) in [6.45, 7) is 0. The second kappa shape index (κ2) is 11.5. The second-order valence-corrected chi connectivity index (χ2v) is 12.8. The van der Waals surface area contributed by atoms with Crippen molar-refractivity contribution in [2.45, 2.75) is 12.2 Å². The number of rotatable bonds is 4. The van der Waals surface area contributed by atoms with E-state index in [9.17, 15) is 0 Å². The van der Waals surface area contributed by atoms with Crippen molar-refractivity contribution >= 4 is 56.5 Å². The fraction of sp³-hybridized carbons (Fsp3) is 0.0500. The number of benzene rings is 2. The summed E-state index contributed by atoms with van der Waals surface area (Å²) in [5.41, 5.74) is 9.78. The van der Waals surface area contributed by atoms with Crippen molar-refractivity contribution in [3.63, 3.8) is 0 Å². The van der Waals surface area contributed by atoms with E-state index in [1.54, 1.807) is 12.5 Å². The highest BCUT2D eigenvalue weighted by molar-refractivity contribution is 7.81. The number of nitrogens with one attached hydrogen (secondary N) is 4. The normalized spacial score (nSPS) is 18.5. The van der Waals surface area contributed by atoms with Crippen LogP contribution in [0.1, 0.15) is 33.9 Å². The summed E-state index contributed by atoms with van der Waals surface area (Å²) in [5, 5.41) is 3.72. The highest BCUT2D eigenvalue weighted by atomic mass is 32.1. The van der Waals surface area contributed by atoms with Crippen LogP contribution < -0.4 is 21.4 Å². The van der Waals surface area contributed by atoms with E-state index < -0.39 is 12.2 Å². The lowest BCUT2D eigenvalue weighted by Crippen LogP contribution is -2.27. The SMILES string of the molecule is S=C1C=COC1C1=c2ccc([nH]2)=C(c2ccccc2)c2ccc([nH]2)C(C2OC=CC2=S)=c2ccc([nH]2)=C(c2ccccc2)c2ccc1[nH]2. The van der Waals surface area contributed by atoms with Gasteiger partial charge in [-0.15, -0.1) is 0 Å². The van der Waals surface area contributed by atoms with E-state index in [1.165, 1.54) is 0 Å². The van der Waals surface area contributed by atoms with Gasteiger partial charge in [-0.25, -0.2) is 0 Å². The molecule has 4 N–H and O–H groups in total. The van der Waals surface area contributed by atoms with Gasteiger partial charge >= 0.3 is 0 Å². The Hall–Kier alpha value is -5.70. The van der Waals surface area contributed by atoms with E-state index >= 15 is 0 Å². The Balaban J connectivity index is 1.42. The molecule has 2 aromatic carbocycles. The van der Waals surface area contributed by atoms with Gasteiger partial charge in [-0.3, -0.25) is 0 Å². The van der Waals surface area contributed by atoms with Crippen molar-refractivity contribution in [3.8, 4) is 0 Å². The first kappa shape index (κ1) is 28.5. The Bertz CT molecular complexity index is 2380. The number of H-pyrrole nitrogens is 4.